The Morgan fingerprint density at radius 2 is 1.80 bits per heavy atom. The summed E-state index contributed by atoms with van der Waals surface area (Å²) in [6, 6.07) is 17.6. The predicted octanol–water partition coefficient (Wildman–Crippen LogP) is 6.90. The third-order valence-corrected chi connectivity index (χ3v) is 5.30. The lowest BCUT2D eigenvalue weighted by atomic mass is 10.0. The molecule has 0 aromatic heterocycles. The second kappa shape index (κ2) is 9.65. The van der Waals surface area contributed by atoms with Crippen molar-refractivity contribution < 1.29 is 14.1 Å². The number of nitro benzene ring substituents is 1. The van der Waals surface area contributed by atoms with Crippen LogP contribution in [-0.4, -0.2) is 4.92 Å². The third-order valence-electron chi connectivity index (χ3n) is 4.12. The van der Waals surface area contributed by atoms with Gasteiger partial charge in [0, 0.05) is 12.1 Å². The number of halogens is 3. The highest BCUT2D eigenvalue weighted by atomic mass is 79.9. The van der Waals surface area contributed by atoms with E-state index in [9.17, 15) is 19.8 Å². The molecule has 0 radical (unpaired) electrons. The van der Waals surface area contributed by atoms with E-state index in [1.54, 1.807) is 42.5 Å². The lowest BCUT2D eigenvalue weighted by molar-refractivity contribution is -0.384. The molecule has 0 aliphatic carbocycles. The molecule has 0 atom stereocenters. The van der Waals surface area contributed by atoms with Crippen molar-refractivity contribution in [3.63, 3.8) is 0 Å². The first-order valence-electron chi connectivity index (χ1n) is 8.60. The molecule has 0 saturated carbocycles. The van der Waals surface area contributed by atoms with Gasteiger partial charge in [0.05, 0.1) is 25.5 Å². The molecule has 3 rings (SSSR count). The van der Waals surface area contributed by atoms with Crippen LogP contribution in [0.1, 0.15) is 16.7 Å². The van der Waals surface area contributed by atoms with E-state index in [1.807, 2.05) is 0 Å². The predicted molar refractivity (Wildman–Crippen MR) is 119 cm³/mol. The Labute approximate surface area is 188 Å². The number of hydrogen-bond acceptors (Lipinski definition) is 4. The van der Waals surface area contributed by atoms with Crippen molar-refractivity contribution in [2.24, 2.45) is 0 Å². The van der Waals surface area contributed by atoms with Crippen LogP contribution in [0.2, 0.25) is 0 Å². The molecule has 30 heavy (non-hydrogen) atoms. The molecular formula is C22H13Br2FN2O3. The maximum absolute atomic E-state index is 13.5. The first-order chi connectivity index (χ1) is 14.4. The van der Waals surface area contributed by atoms with Crippen LogP contribution >= 0.6 is 31.9 Å². The highest BCUT2D eigenvalue weighted by molar-refractivity contribution is 9.11. The second-order valence-electron chi connectivity index (χ2n) is 6.21. The average Bonchev–Trinajstić information content (AvgIpc) is 2.71. The monoisotopic (exact) mass is 530 g/mol. The number of hydrogen-bond donors (Lipinski definition) is 0. The van der Waals surface area contributed by atoms with Gasteiger partial charge in [0.15, 0.2) is 0 Å². The van der Waals surface area contributed by atoms with Crippen LogP contribution < -0.4 is 4.74 Å². The van der Waals surface area contributed by atoms with Crippen LogP contribution in [0.15, 0.2) is 69.6 Å². The van der Waals surface area contributed by atoms with Gasteiger partial charge in [0.2, 0.25) is 0 Å². The normalized spacial score (nSPS) is 11.1. The molecule has 150 valence electrons. The fourth-order valence-corrected chi connectivity index (χ4v) is 4.12. The molecule has 0 amide bonds. The molecular weight excluding hydrogens is 519 g/mol. The van der Waals surface area contributed by atoms with Gasteiger partial charge in [0.1, 0.15) is 18.2 Å². The molecule has 5 nitrogen and oxygen atoms in total. The van der Waals surface area contributed by atoms with Crippen molar-refractivity contribution in [2.45, 2.75) is 6.61 Å². The van der Waals surface area contributed by atoms with Crippen LogP contribution in [0.25, 0.3) is 11.6 Å². The lowest BCUT2D eigenvalue weighted by Gasteiger charge is -2.12. The minimum atomic E-state index is -0.455. The number of ether oxygens (including phenoxy) is 1. The maximum atomic E-state index is 13.5. The highest BCUT2D eigenvalue weighted by Crippen LogP contribution is 2.36. The summed E-state index contributed by atoms with van der Waals surface area (Å²) in [7, 11) is 0. The van der Waals surface area contributed by atoms with Crippen molar-refractivity contribution in [3.05, 3.63) is 102 Å². The summed E-state index contributed by atoms with van der Waals surface area (Å²) in [5, 5.41) is 20.2. The molecule has 8 heteroatoms. The summed E-state index contributed by atoms with van der Waals surface area (Å²) >= 11 is 6.93. The number of non-ortho nitro benzene ring substituents is 1. The molecule has 0 aliphatic heterocycles. The van der Waals surface area contributed by atoms with Gasteiger partial charge in [0.25, 0.3) is 5.69 Å². The molecule has 0 fully saturated rings. The zero-order valence-electron chi connectivity index (χ0n) is 15.3. The van der Waals surface area contributed by atoms with Gasteiger partial charge in [-0.2, -0.15) is 5.26 Å². The number of nitro groups is 1. The van der Waals surface area contributed by atoms with Gasteiger partial charge in [-0.1, -0.05) is 12.1 Å². The van der Waals surface area contributed by atoms with Gasteiger partial charge < -0.3 is 4.74 Å². The fourth-order valence-electron chi connectivity index (χ4n) is 2.67. The Kier molecular flexibility index (Phi) is 6.98. The first-order valence-corrected chi connectivity index (χ1v) is 10.2. The molecule has 0 heterocycles. The molecule has 0 spiro atoms. The smallest absolute Gasteiger partial charge is 0.269 e. The Bertz CT molecular complexity index is 1150. The molecule has 0 saturated heterocycles. The van der Waals surface area contributed by atoms with E-state index in [0.29, 0.717) is 25.8 Å². The SMILES string of the molecule is N#C/C(=C/c1cc(Br)c(OCc2ccc([N+](=O)[O-])cc2)c(Br)c1)c1cccc(F)c1. The molecule has 0 aliphatic rings. The minimum absolute atomic E-state index is 0.0174. The summed E-state index contributed by atoms with van der Waals surface area (Å²) in [6.45, 7) is 0.219. The van der Waals surface area contributed by atoms with E-state index >= 15 is 0 Å². The number of benzene rings is 3. The van der Waals surface area contributed by atoms with Crippen molar-refractivity contribution in [1.29, 1.82) is 5.26 Å². The van der Waals surface area contributed by atoms with E-state index < -0.39 is 10.7 Å². The summed E-state index contributed by atoms with van der Waals surface area (Å²) in [6.07, 6.45) is 1.66. The Morgan fingerprint density at radius 1 is 1.13 bits per heavy atom. The zero-order valence-corrected chi connectivity index (χ0v) is 18.5. The van der Waals surface area contributed by atoms with E-state index in [2.05, 4.69) is 37.9 Å². The summed E-state index contributed by atoms with van der Waals surface area (Å²) in [5.41, 5.74) is 2.33. The van der Waals surface area contributed by atoms with Crippen molar-refractivity contribution in [2.75, 3.05) is 0 Å². The minimum Gasteiger partial charge on any atom is -0.487 e. The van der Waals surface area contributed by atoms with E-state index in [4.69, 9.17) is 4.74 Å². The van der Waals surface area contributed by atoms with Gasteiger partial charge in [-0.3, -0.25) is 10.1 Å². The summed E-state index contributed by atoms with van der Waals surface area (Å²) in [4.78, 5) is 10.3. The van der Waals surface area contributed by atoms with E-state index in [-0.39, 0.29) is 12.3 Å². The van der Waals surface area contributed by atoms with Gasteiger partial charge in [-0.25, -0.2) is 4.39 Å². The van der Waals surface area contributed by atoms with E-state index in [1.165, 1.54) is 24.3 Å². The lowest BCUT2D eigenvalue weighted by Crippen LogP contribution is -1.98. The Morgan fingerprint density at radius 3 is 2.37 bits per heavy atom. The second-order valence-corrected chi connectivity index (χ2v) is 7.91. The van der Waals surface area contributed by atoms with Crippen LogP contribution in [0, 0.1) is 27.3 Å². The fraction of sp³-hybridized carbons (Fsp3) is 0.0455. The first kappa shape index (κ1) is 21.7. The number of allylic oxidation sites excluding steroid dienone is 1. The van der Waals surface area contributed by atoms with Crippen LogP contribution in [0.4, 0.5) is 10.1 Å². The van der Waals surface area contributed by atoms with Crippen molar-refractivity contribution >= 4 is 49.2 Å². The Hall–Kier alpha value is -3.02. The molecule has 3 aromatic carbocycles. The van der Waals surface area contributed by atoms with Crippen LogP contribution in [0.3, 0.4) is 0 Å². The quantitative estimate of drug-likeness (QED) is 0.150. The Balaban J connectivity index is 1.81. The van der Waals surface area contributed by atoms with Crippen LogP contribution in [0.5, 0.6) is 5.75 Å². The highest BCUT2D eigenvalue weighted by Gasteiger charge is 2.11. The molecule has 0 bridgehead atoms. The summed E-state index contributed by atoms with van der Waals surface area (Å²) < 4.78 is 20.6. The van der Waals surface area contributed by atoms with Crippen molar-refractivity contribution in [1.82, 2.24) is 0 Å². The topological polar surface area (TPSA) is 76.2 Å². The zero-order chi connectivity index (χ0) is 21.7. The van der Waals surface area contributed by atoms with Crippen molar-refractivity contribution in [3.8, 4) is 11.8 Å². The van der Waals surface area contributed by atoms with Gasteiger partial charge >= 0.3 is 0 Å². The molecule has 0 unspecified atom stereocenters. The molecule has 3 aromatic rings. The number of nitriles is 1. The third kappa shape index (κ3) is 5.32. The maximum Gasteiger partial charge on any atom is 0.269 e. The van der Waals surface area contributed by atoms with Crippen LogP contribution in [-0.2, 0) is 6.61 Å². The molecule has 0 N–H and O–H groups in total. The average molecular weight is 532 g/mol. The van der Waals surface area contributed by atoms with E-state index in [0.717, 1.165) is 11.1 Å². The van der Waals surface area contributed by atoms with Gasteiger partial charge in [-0.05, 0) is 91.0 Å². The summed E-state index contributed by atoms with van der Waals surface area (Å²) in [5.74, 6) is 0.140. The number of rotatable bonds is 6. The van der Waals surface area contributed by atoms with Gasteiger partial charge in [-0.15, -0.1) is 0 Å². The number of nitrogens with zero attached hydrogens (tertiary/aromatic N) is 2. The standard InChI is InChI=1S/C22H13Br2FN2O3/c23-20-9-15(8-17(12-26)16-2-1-3-18(25)11-16)10-21(24)22(20)30-13-14-4-6-19(7-5-14)27(28)29/h1-11H,13H2/b17-8-. The largest absolute Gasteiger partial charge is 0.487 e.